The van der Waals surface area contributed by atoms with Crippen LogP contribution in [-0.2, 0) is 14.3 Å². The van der Waals surface area contributed by atoms with Crippen LogP contribution in [0.5, 0.6) is 0 Å². The lowest BCUT2D eigenvalue weighted by atomic mass is 10.2. The van der Waals surface area contributed by atoms with E-state index in [1.807, 2.05) is 0 Å². The lowest BCUT2D eigenvalue weighted by Crippen LogP contribution is -3.15. The van der Waals surface area contributed by atoms with Crippen molar-refractivity contribution in [3.63, 3.8) is 0 Å². The van der Waals surface area contributed by atoms with E-state index in [9.17, 15) is 14.0 Å². The molecule has 0 unspecified atom stereocenters. The molecule has 1 aliphatic heterocycles. The lowest BCUT2D eigenvalue weighted by molar-refractivity contribution is -0.895. The summed E-state index contributed by atoms with van der Waals surface area (Å²) in [6, 6.07) is 5.77. The number of ether oxygens (including phenoxy) is 1. The number of carbonyl (C=O) groups is 2. The van der Waals surface area contributed by atoms with Crippen LogP contribution in [0.4, 0.5) is 10.1 Å². The van der Waals surface area contributed by atoms with Gasteiger partial charge in [-0.05, 0) is 49.3 Å². The third-order valence-corrected chi connectivity index (χ3v) is 5.26. The molecule has 1 amide bonds. The molecule has 1 aromatic carbocycles. The van der Waals surface area contributed by atoms with E-state index in [2.05, 4.69) is 20.3 Å². The number of rotatable bonds is 9. The highest BCUT2D eigenvalue weighted by Gasteiger charge is 2.23. The van der Waals surface area contributed by atoms with Gasteiger partial charge in [-0.15, -0.1) is 0 Å². The van der Waals surface area contributed by atoms with Crippen LogP contribution in [0, 0.1) is 5.82 Å². The van der Waals surface area contributed by atoms with Crippen LogP contribution >= 0.6 is 12.2 Å². The molecule has 29 heavy (non-hydrogen) atoms. The Morgan fingerprint density at radius 3 is 2.52 bits per heavy atom. The number of hydrogen-bond acceptors (Lipinski definition) is 4. The highest BCUT2D eigenvalue weighted by molar-refractivity contribution is 7.80. The van der Waals surface area contributed by atoms with E-state index in [1.165, 1.54) is 24.1 Å². The number of halogens is 1. The Kier molecular flexibility index (Phi) is 9.79. The molecule has 160 valence electrons. The van der Waals surface area contributed by atoms with Crippen molar-refractivity contribution in [3.8, 4) is 0 Å². The van der Waals surface area contributed by atoms with Crippen LogP contribution in [-0.4, -0.2) is 68.3 Å². The molecule has 0 aromatic heterocycles. The molecule has 0 spiro atoms. The molecule has 1 saturated heterocycles. The average Bonchev–Trinajstić information content (AvgIpc) is 2.72. The number of thiocarbonyl (C=S) groups is 1. The van der Waals surface area contributed by atoms with E-state index in [4.69, 9.17) is 12.2 Å². The Hall–Kier alpha value is -2.26. The quantitative estimate of drug-likeness (QED) is 0.305. The third-order valence-electron chi connectivity index (χ3n) is 4.86. The van der Waals surface area contributed by atoms with Gasteiger partial charge in [0.2, 0.25) is 0 Å². The Bertz CT molecular complexity index is 679. The predicted octanol–water partition coefficient (Wildman–Crippen LogP) is 0.573. The first-order valence-electron chi connectivity index (χ1n) is 9.96. The van der Waals surface area contributed by atoms with E-state index in [-0.39, 0.29) is 17.7 Å². The van der Waals surface area contributed by atoms with Crippen molar-refractivity contribution < 1.29 is 23.6 Å². The van der Waals surface area contributed by atoms with Crippen LogP contribution in [0.1, 0.15) is 25.7 Å². The van der Waals surface area contributed by atoms with E-state index in [0.29, 0.717) is 18.7 Å². The molecule has 0 radical (unpaired) electrons. The number of anilines is 1. The predicted molar refractivity (Wildman–Crippen MR) is 113 cm³/mol. The molecule has 0 aliphatic carbocycles. The number of methoxy groups -OCH3 is 1. The fraction of sp³-hybridized carbons (Fsp3) is 0.550. The zero-order valence-electron chi connectivity index (χ0n) is 16.8. The second-order valence-electron chi connectivity index (χ2n) is 7.09. The van der Waals surface area contributed by atoms with Crippen LogP contribution in [0.3, 0.4) is 0 Å². The Morgan fingerprint density at radius 1 is 1.17 bits per heavy atom. The van der Waals surface area contributed by atoms with E-state index in [0.717, 1.165) is 57.1 Å². The Labute approximate surface area is 176 Å². The molecule has 1 aromatic rings. The standard InChI is InChI=1S/C20H29FN4O3S/c1-28-19(27)5-3-2-4-10-22-20(29)25-13-11-24(12-14-25)15-18(26)23-17-8-6-16(21)7-9-17/h6-9H,2-5,10-15H2,1H3,(H,22,29)(H,23,26)/p+1. The smallest absolute Gasteiger partial charge is 0.305 e. The van der Waals surface area contributed by atoms with Crippen molar-refractivity contribution in [3.05, 3.63) is 30.1 Å². The minimum absolute atomic E-state index is 0.0762. The van der Waals surface area contributed by atoms with Crippen molar-refractivity contribution in [2.45, 2.75) is 25.7 Å². The summed E-state index contributed by atoms with van der Waals surface area (Å²) in [7, 11) is 1.40. The first kappa shape index (κ1) is 23.0. The summed E-state index contributed by atoms with van der Waals surface area (Å²) in [5.41, 5.74) is 0.603. The average molecular weight is 426 g/mol. The van der Waals surface area contributed by atoms with Crippen molar-refractivity contribution >= 4 is 34.9 Å². The van der Waals surface area contributed by atoms with Crippen LogP contribution in [0.25, 0.3) is 0 Å². The van der Waals surface area contributed by atoms with Crippen molar-refractivity contribution in [1.29, 1.82) is 0 Å². The molecule has 0 saturated carbocycles. The topological polar surface area (TPSA) is 75.1 Å². The SMILES string of the molecule is COC(=O)CCCCCNC(=S)N1CC[NH+](CC(=O)Nc2ccc(F)cc2)CC1. The number of carbonyl (C=O) groups excluding carboxylic acids is 2. The second-order valence-corrected chi connectivity index (χ2v) is 7.47. The van der Waals surface area contributed by atoms with Gasteiger partial charge in [-0.1, -0.05) is 6.42 Å². The first-order chi connectivity index (χ1) is 14.0. The first-order valence-corrected chi connectivity index (χ1v) is 10.4. The van der Waals surface area contributed by atoms with Gasteiger partial charge in [-0.3, -0.25) is 9.59 Å². The number of benzene rings is 1. The zero-order valence-corrected chi connectivity index (χ0v) is 17.7. The molecule has 3 N–H and O–H groups in total. The number of nitrogens with zero attached hydrogens (tertiary/aromatic N) is 1. The minimum Gasteiger partial charge on any atom is -0.469 e. The summed E-state index contributed by atoms with van der Waals surface area (Å²) in [5.74, 6) is -0.566. The molecular formula is C20H30FN4O3S+. The number of hydrogen-bond donors (Lipinski definition) is 3. The number of amides is 1. The van der Waals surface area contributed by atoms with Gasteiger partial charge in [-0.25, -0.2) is 4.39 Å². The minimum atomic E-state index is -0.324. The van der Waals surface area contributed by atoms with Crippen LogP contribution in [0.2, 0.25) is 0 Å². The van der Waals surface area contributed by atoms with Gasteiger partial charge in [0, 0.05) is 18.7 Å². The van der Waals surface area contributed by atoms with E-state index in [1.54, 1.807) is 12.1 Å². The molecule has 9 heteroatoms. The van der Waals surface area contributed by atoms with Gasteiger partial charge >= 0.3 is 5.97 Å². The molecule has 1 aliphatic rings. The molecule has 7 nitrogen and oxygen atoms in total. The number of esters is 1. The number of piperazine rings is 1. The highest BCUT2D eigenvalue weighted by Crippen LogP contribution is 2.07. The number of unbranched alkanes of at least 4 members (excludes halogenated alkanes) is 2. The van der Waals surface area contributed by atoms with Gasteiger partial charge in [0.25, 0.3) is 5.91 Å². The molecular weight excluding hydrogens is 395 g/mol. The summed E-state index contributed by atoms with van der Waals surface area (Å²) in [6.07, 6.45) is 3.18. The molecule has 2 rings (SSSR count). The van der Waals surface area contributed by atoms with Gasteiger partial charge in [0.1, 0.15) is 5.82 Å². The lowest BCUT2D eigenvalue weighted by Gasteiger charge is -2.33. The Balaban J connectivity index is 1.58. The summed E-state index contributed by atoms with van der Waals surface area (Å²) in [5, 5.41) is 6.81. The summed E-state index contributed by atoms with van der Waals surface area (Å²) in [6.45, 7) is 4.43. The summed E-state index contributed by atoms with van der Waals surface area (Å²) < 4.78 is 17.5. The molecule has 0 atom stereocenters. The maximum atomic E-state index is 12.9. The van der Waals surface area contributed by atoms with Crippen molar-refractivity contribution in [2.24, 2.45) is 0 Å². The van der Waals surface area contributed by atoms with Crippen LogP contribution in [0.15, 0.2) is 24.3 Å². The maximum Gasteiger partial charge on any atom is 0.305 e. The molecule has 1 fully saturated rings. The third kappa shape index (κ3) is 8.74. The maximum absolute atomic E-state index is 12.9. The molecule has 0 bridgehead atoms. The summed E-state index contributed by atoms with van der Waals surface area (Å²) in [4.78, 5) is 26.5. The normalized spacial score (nSPS) is 14.3. The fourth-order valence-corrected chi connectivity index (χ4v) is 3.43. The van der Waals surface area contributed by atoms with E-state index >= 15 is 0 Å². The zero-order chi connectivity index (χ0) is 21.1. The largest absolute Gasteiger partial charge is 0.469 e. The Morgan fingerprint density at radius 2 is 1.86 bits per heavy atom. The number of nitrogens with one attached hydrogen (secondary N) is 3. The highest BCUT2D eigenvalue weighted by atomic mass is 32.1. The van der Waals surface area contributed by atoms with Crippen molar-refractivity contribution in [2.75, 3.05) is 51.7 Å². The van der Waals surface area contributed by atoms with Crippen LogP contribution < -0.4 is 15.5 Å². The van der Waals surface area contributed by atoms with Gasteiger partial charge in [0.15, 0.2) is 11.7 Å². The molecule has 1 heterocycles. The second kappa shape index (κ2) is 12.3. The van der Waals surface area contributed by atoms with Crippen molar-refractivity contribution in [1.82, 2.24) is 10.2 Å². The summed E-state index contributed by atoms with van der Waals surface area (Å²) >= 11 is 5.46. The van der Waals surface area contributed by atoms with Gasteiger partial charge in [-0.2, -0.15) is 0 Å². The monoisotopic (exact) mass is 425 g/mol. The fourth-order valence-electron chi connectivity index (χ4n) is 3.15. The number of quaternary nitrogens is 1. The van der Waals surface area contributed by atoms with E-state index < -0.39 is 0 Å². The van der Waals surface area contributed by atoms with Gasteiger partial charge < -0.3 is 25.2 Å². The van der Waals surface area contributed by atoms with Gasteiger partial charge in [0.05, 0.1) is 33.3 Å².